The van der Waals surface area contributed by atoms with Gasteiger partial charge >= 0.3 is 0 Å². The van der Waals surface area contributed by atoms with E-state index in [2.05, 4.69) is 29.8 Å². The van der Waals surface area contributed by atoms with Gasteiger partial charge in [-0.2, -0.15) is 0 Å². The average molecular weight is 399 g/mol. The molecule has 0 N–H and O–H groups in total. The first-order chi connectivity index (χ1) is 14.8. The molecule has 0 aliphatic carbocycles. The lowest BCUT2D eigenvalue weighted by Crippen LogP contribution is -2.37. The van der Waals surface area contributed by atoms with Crippen LogP contribution in [0, 0.1) is 5.92 Å². The number of aromatic nitrogens is 6. The lowest BCUT2D eigenvalue weighted by molar-refractivity contribution is 0.350. The zero-order valence-corrected chi connectivity index (χ0v) is 16.4. The fourth-order valence-electron chi connectivity index (χ4n) is 3.99. The monoisotopic (exact) mass is 399 g/mol. The summed E-state index contributed by atoms with van der Waals surface area (Å²) in [6, 6.07) is 7.30. The van der Waals surface area contributed by atoms with Crippen molar-refractivity contribution < 1.29 is 0 Å². The van der Waals surface area contributed by atoms with Gasteiger partial charge in [-0.05, 0) is 37.0 Å². The number of anilines is 1. The Kier molecular flexibility index (Phi) is 4.88. The molecule has 30 heavy (non-hydrogen) atoms. The van der Waals surface area contributed by atoms with E-state index in [0.717, 1.165) is 48.2 Å². The lowest BCUT2D eigenvalue weighted by Gasteiger charge is -2.33. The molecule has 5 heterocycles. The molecule has 1 fully saturated rings. The minimum absolute atomic E-state index is 0.0272. The van der Waals surface area contributed by atoms with Crippen molar-refractivity contribution in [1.29, 1.82) is 0 Å². The number of rotatable bonds is 4. The van der Waals surface area contributed by atoms with Crippen LogP contribution in [0.25, 0.3) is 22.2 Å². The summed E-state index contributed by atoms with van der Waals surface area (Å²) in [6.45, 7) is 2.48. The average Bonchev–Trinajstić information content (AvgIpc) is 2.81. The summed E-state index contributed by atoms with van der Waals surface area (Å²) in [6.07, 6.45) is 12.2. The van der Waals surface area contributed by atoms with Crippen LogP contribution in [0.4, 0.5) is 5.82 Å². The minimum Gasteiger partial charge on any atom is -0.356 e. The number of hydrogen-bond acceptors (Lipinski definition) is 7. The summed E-state index contributed by atoms with van der Waals surface area (Å²) in [5.41, 5.74) is 2.34. The number of nitrogens with zero attached hydrogens (tertiary/aromatic N) is 7. The summed E-state index contributed by atoms with van der Waals surface area (Å²) in [5.74, 6) is 1.39. The molecule has 8 heteroatoms. The maximum Gasteiger partial charge on any atom is 0.253 e. The molecule has 0 amide bonds. The second-order valence-corrected chi connectivity index (χ2v) is 7.53. The van der Waals surface area contributed by atoms with Gasteiger partial charge in [0.2, 0.25) is 0 Å². The van der Waals surface area contributed by atoms with Gasteiger partial charge in [0.1, 0.15) is 12.1 Å². The molecule has 0 unspecified atom stereocenters. The molecule has 0 spiro atoms. The van der Waals surface area contributed by atoms with Crippen LogP contribution in [-0.2, 0) is 6.54 Å². The quantitative estimate of drug-likeness (QED) is 0.521. The van der Waals surface area contributed by atoms with Gasteiger partial charge < -0.3 is 4.90 Å². The Morgan fingerprint density at radius 2 is 1.87 bits per heavy atom. The normalized spacial score (nSPS) is 14.9. The van der Waals surface area contributed by atoms with Crippen LogP contribution in [0.15, 0.2) is 66.5 Å². The predicted molar refractivity (Wildman–Crippen MR) is 114 cm³/mol. The van der Waals surface area contributed by atoms with Crippen LogP contribution >= 0.6 is 0 Å². The summed E-state index contributed by atoms with van der Waals surface area (Å²) in [5, 5.41) is 1.03. The van der Waals surface area contributed by atoms with Gasteiger partial charge in [0.25, 0.3) is 5.56 Å². The highest BCUT2D eigenvalue weighted by Gasteiger charge is 2.22. The zero-order valence-electron chi connectivity index (χ0n) is 16.4. The Balaban J connectivity index is 1.27. The van der Waals surface area contributed by atoms with Crippen LogP contribution < -0.4 is 10.5 Å². The summed E-state index contributed by atoms with van der Waals surface area (Å²) in [4.78, 5) is 36.4. The van der Waals surface area contributed by atoms with Crippen LogP contribution in [0.3, 0.4) is 0 Å². The Labute approximate surface area is 173 Å². The highest BCUT2D eigenvalue weighted by atomic mass is 16.1. The van der Waals surface area contributed by atoms with Crippen LogP contribution in [0.2, 0.25) is 0 Å². The molecule has 1 aliphatic heterocycles. The smallest absolute Gasteiger partial charge is 0.253 e. The Bertz CT molecular complexity index is 1210. The van der Waals surface area contributed by atoms with E-state index >= 15 is 0 Å². The molecule has 0 aromatic carbocycles. The van der Waals surface area contributed by atoms with Gasteiger partial charge in [-0.25, -0.2) is 15.0 Å². The summed E-state index contributed by atoms with van der Waals surface area (Å²) in [7, 11) is 0. The molecule has 0 saturated carbocycles. The molecular formula is C22H21N7O. The van der Waals surface area contributed by atoms with E-state index in [1.807, 2.05) is 18.2 Å². The highest BCUT2D eigenvalue weighted by molar-refractivity contribution is 5.88. The molecule has 4 aromatic rings. The van der Waals surface area contributed by atoms with Crippen molar-refractivity contribution in [2.75, 3.05) is 18.0 Å². The van der Waals surface area contributed by atoms with Gasteiger partial charge in [0, 0.05) is 55.2 Å². The summed E-state index contributed by atoms with van der Waals surface area (Å²) >= 11 is 0. The molecule has 5 rings (SSSR count). The van der Waals surface area contributed by atoms with Gasteiger partial charge in [0.15, 0.2) is 0 Å². The Morgan fingerprint density at radius 1 is 1.00 bits per heavy atom. The fraction of sp³-hybridized carbons (Fsp3) is 0.273. The minimum atomic E-state index is -0.0272. The van der Waals surface area contributed by atoms with Crippen molar-refractivity contribution in [2.24, 2.45) is 5.92 Å². The fourth-order valence-corrected chi connectivity index (χ4v) is 3.99. The second-order valence-electron chi connectivity index (χ2n) is 7.53. The van der Waals surface area contributed by atoms with E-state index in [0.29, 0.717) is 18.2 Å². The largest absolute Gasteiger partial charge is 0.356 e. The van der Waals surface area contributed by atoms with Crippen LogP contribution in [-0.4, -0.2) is 42.6 Å². The zero-order chi connectivity index (χ0) is 20.3. The summed E-state index contributed by atoms with van der Waals surface area (Å²) < 4.78 is 1.71. The van der Waals surface area contributed by atoms with Crippen molar-refractivity contribution in [3.05, 3.63) is 72.1 Å². The number of piperidine rings is 1. The molecule has 0 atom stereocenters. The molecular weight excluding hydrogens is 378 g/mol. The van der Waals surface area contributed by atoms with E-state index in [9.17, 15) is 4.79 Å². The van der Waals surface area contributed by atoms with Crippen LogP contribution in [0.1, 0.15) is 12.8 Å². The van der Waals surface area contributed by atoms with Crippen molar-refractivity contribution in [3.8, 4) is 11.3 Å². The van der Waals surface area contributed by atoms with E-state index in [-0.39, 0.29) is 5.56 Å². The van der Waals surface area contributed by atoms with E-state index in [1.165, 1.54) is 0 Å². The molecule has 4 aromatic heterocycles. The third-order valence-corrected chi connectivity index (χ3v) is 5.62. The van der Waals surface area contributed by atoms with Crippen molar-refractivity contribution in [3.63, 3.8) is 0 Å². The molecule has 8 nitrogen and oxygen atoms in total. The maximum absolute atomic E-state index is 12.6. The van der Waals surface area contributed by atoms with Gasteiger partial charge in [0.05, 0.1) is 23.7 Å². The first-order valence-electron chi connectivity index (χ1n) is 10.0. The Hall–Kier alpha value is -3.68. The molecule has 0 bridgehead atoms. The van der Waals surface area contributed by atoms with Crippen molar-refractivity contribution >= 4 is 16.7 Å². The molecule has 150 valence electrons. The molecule has 1 aliphatic rings. The molecule has 1 saturated heterocycles. The van der Waals surface area contributed by atoms with Gasteiger partial charge in [-0.3, -0.25) is 19.3 Å². The highest BCUT2D eigenvalue weighted by Crippen LogP contribution is 2.27. The number of fused-ring (bicyclic) bond motifs is 1. The maximum atomic E-state index is 12.6. The van der Waals surface area contributed by atoms with E-state index < -0.39 is 0 Å². The van der Waals surface area contributed by atoms with Gasteiger partial charge in [-0.1, -0.05) is 0 Å². The molecule has 0 radical (unpaired) electrons. The standard InChI is InChI=1S/C22H21N7O/c30-21-10-19(17-2-1-6-23-11-17)27-15-29(21)13-16-4-8-28(9-5-16)22-18-3-7-24-12-20(18)25-14-26-22/h1-3,6-7,10-12,14-16H,4-5,8-9,13H2. The predicted octanol–water partition coefficient (Wildman–Crippen LogP) is 2.56. The third-order valence-electron chi connectivity index (χ3n) is 5.62. The van der Waals surface area contributed by atoms with Crippen molar-refractivity contribution in [2.45, 2.75) is 19.4 Å². The van der Waals surface area contributed by atoms with Crippen molar-refractivity contribution in [1.82, 2.24) is 29.5 Å². The topological polar surface area (TPSA) is 89.7 Å². The lowest BCUT2D eigenvalue weighted by atomic mass is 9.96. The first kappa shape index (κ1) is 18.4. The van der Waals surface area contributed by atoms with E-state index in [4.69, 9.17) is 0 Å². The second kappa shape index (κ2) is 7.98. The SMILES string of the molecule is O=c1cc(-c2cccnc2)ncn1CC1CCN(c2ncnc3cnccc23)CC1. The van der Waals surface area contributed by atoms with Gasteiger partial charge in [-0.15, -0.1) is 0 Å². The third kappa shape index (κ3) is 3.63. The van der Waals surface area contributed by atoms with E-state index in [1.54, 1.807) is 48.1 Å². The van der Waals surface area contributed by atoms with Crippen LogP contribution in [0.5, 0.6) is 0 Å². The number of hydrogen-bond donors (Lipinski definition) is 0. The number of pyridine rings is 2. The Morgan fingerprint density at radius 3 is 2.67 bits per heavy atom. The first-order valence-corrected chi connectivity index (χ1v) is 10.0.